The summed E-state index contributed by atoms with van der Waals surface area (Å²) in [4.78, 5) is 20.3. The quantitative estimate of drug-likeness (QED) is 0.464. The molecule has 0 spiro atoms. The van der Waals surface area contributed by atoms with Gasteiger partial charge in [0.2, 0.25) is 5.95 Å². The highest BCUT2D eigenvalue weighted by atomic mass is 16.5. The van der Waals surface area contributed by atoms with E-state index in [4.69, 9.17) is 18.9 Å². The fourth-order valence-electron chi connectivity index (χ4n) is 5.07. The Labute approximate surface area is 216 Å². The van der Waals surface area contributed by atoms with Crippen LogP contribution >= 0.6 is 0 Å². The van der Waals surface area contributed by atoms with E-state index in [2.05, 4.69) is 42.3 Å². The van der Waals surface area contributed by atoms with Crippen LogP contribution in [0.25, 0.3) is 11.0 Å². The smallest absolute Gasteiger partial charge is 0.223 e. The van der Waals surface area contributed by atoms with Crippen LogP contribution in [0.1, 0.15) is 32.1 Å². The number of rotatable bonds is 9. The first-order chi connectivity index (χ1) is 18.3. The van der Waals surface area contributed by atoms with Gasteiger partial charge < -0.3 is 29.2 Å². The molecule has 0 bridgehead atoms. The van der Waals surface area contributed by atoms with Crippen LogP contribution in [0, 0.1) is 5.92 Å². The average Bonchev–Trinajstić information content (AvgIpc) is 2.92. The van der Waals surface area contributed by atoms with Crippen LogP contribution in [-0.4, -0.2) is 78.2 Å². The fourth-order valence-corrected chi connectivity index (χ4v) is 5.07. The standard InChI is InChI=1S/C27H34N6O4/c1-3-22(4-2-20(1)32-27-30-15-23(16-31-27)36-10-5-19-17-35-18-19)37-25-14-21(33-8-11-34-12-9-33)13-24-26(25)29-7-6-28-24/h6-7,13-16,19-20,22H,1-5,8-12,17-18H2,(H,30,31,32)/t20-,22+. The number of nitrogens with one attached hydrogen (secondary N) is 1. The predicted molar refractivity (Wildman–Crippen MR) is 139 cm³/mol. The van der Waals surface area contributed by atoms with Crippen molar-refractivity contribution >= 4 is 22.7 Å². The summed E-state index contributed by atoms with van der Waals surface area (Å²) in [5, 5.41) is 3.48. The lowest BCUT2D eigenvalue weighted by atomic mass is 9.93. The first kappa shape index (κ1) is 24.1. The summed E-state index contributed by atoms with van der Waals surface area (Å²) in [6.45, 7) is 5.58. The normalized spacial score (nSPS) is 22.4. The number of nitrogens with zero attached hydrogens (tertiary/aromatic N) is 5. The topological polar surface area (TPSA) is 104 Å². The summed E-state index contributed by atoms with van der Waals surface area (Å²) >= 11 is 0. The highest BCUT2D eigenvalue weighted by Crippen LogP contribution is 2.33. The Morgan fingerprint density at radius 2 is 1.70 bits per heavy atom. The summed E-state index contributed by atoms with van der Waals surface area (Å²) in [5.74, 6) is 2.79. The van der Waals surface area contributed by atoms with E-state index in [0.29, 0.717) is 30.3 Å². The molecule has 6 rings (SSSR count). The first-order valence-corrected chi connectivity index (χ1v) is 13.3. The highest BCUT2D eigenvalue weighted by Gasteiger charge is 2.25. The van der Waals surface area contributed by atoms with E-state index in [1.807, 2.05) is 0 Å². The van der Waals surface area contributed by atoms with E-state index in [1.54, 1.807) is 24.8 Å². The third-order valence-electron chi connectivity index (χ3n) is 7.33. The van der Waals surface area contributed by atoms with E-state index < -0.39 is 0 Å². The fraction of sp³-hybridized carbons (Fsp3) is 0.556. The molecule has 3 aliphatic rings. The van der Waals surface area contributed by atoms with E-state index >= 15 is 0 Å². The zero-order valence-corrected chi connectivity index (χ0v) is 21.1. The maximum Gasteiger partial charge on any atom is 0.223 e. The number of aromatic nitrogens is 4. The molecule has 3 aromatic rings. The molecule has 10 heteroatoms. The molecule has 4 heterocycles. The van der Waals surface area contributed by atoms with Crippen molar-refractivity contribution in [1.29, 1.82) is 0 Å². The Hall–Kier alpha value is -3.24. The van der Waals surface area contributed by atoms with Gasteiger partial charge in [0.15, 0.2) is 5.75 Å². The van der Waals surface area contributed by atoms with Gasteiger partial charge in [-0.1, -0.05) is 0 Å². The van der Waals surface area contributed by atoms with Crippen LogP contribution in [0.2, 0.25) is 0 Å². The summed E-state index contributed by atoms with van der Waals surface area (Å²) in [6, 6.07) is 4.53. The minimum absolute atomic E-state index is 0.140. The van der Waals surface area contributed by atoms with Gasteiger partial charge in [-0.15, -0.1) is 0 Å². The summed E-state index contributed by atoms with van der Waals surface area (Å²) in [5.41, 5.74) is 2.79. The Kier molecular flexibility index (Phi) is 7.45. The second-order valence-corrected chi connectivity index (χ2v) is 9.99. The van der Waals surface area contributed by atoms with Crippen LogP contribution < -0.4 is 19.7 Å². The van der Waals surface area contributed by atoms with Crippen molar-refractivity contribution in [3.8, 4) is 11.5 Å². The van der Waals surface area contributed by atoms with Crippen molar-refractivity contribution in [2.45, 2.75) is 44.2 Å². The van der Waals surface area contributed by atoms with Crippen molar-refractivity contribution < 1.29 is 18.9 Å². The van der Waals surface area contributed by atoms with E-state index in [0.717, 1.165) is 94.1 Å². The van der Waals surface area contributed by atoms with Gasteiger partial charge in [-0.05, 0) is 38.2 Å². The molecule has 10 nitrogen and oxygen atoms in total. The number of anilines is 2. The van der Waals surface area contributed by atoms with Gasteiger partial charge in [0.25, 0.3) is 0 Å². The predicted octanol–water partition coefficient (Wildman–Crippen LogP) is 3.47. The lowest BCUT2D eigenvalue weighted by Crippen LogP contribution is -2.36. The first-order valence-electron chi connectivity index (χ1n) is 13.3. The lowest BCUT2D eigenvalue weighted by molar-refractivity contribution is -0.0401. The molecule has 2 aromatic heterocycles. The number of hydrogen-bond acceptors (Lipinski definition) is 10. The zero-order valence-electron chi connectivity index (χ0n) is 21.1. The number of ether oxygens (including phenoxy) is 4. The number of hydrogen-bond donors (Lipinski definition) is 1. The Bertz CT molecular complexity index is 1160. The van der Waals surface area contributed by atoms with Crippen molar-refractivity contribution in [2.75, 3.05) is 56.3 Å². The number of fused-ring (bicyclic) bond motifs is 1. The second kappa shape index (κ2) is 11.4. The van der Waals surface area contributed by atoms with E-state index in [1.165, 1.54) is 0 Å². The third kappa shape index (κ3) is 6.02. The van der Waals surface area contributed by atoms with Crippen LogP contribution in [-0.2, 0) is 9.47 Å². The van der Waals surface area contributed by atoms with Crippen LogP contribution in [0.4, 0.5) is 11.6 Å². The molecular formula is C27H34N6O4. The van der Waals surface area contributed by atoms with Crippen molar-refractivity contribution in [1.82, 2.24) is 19.9 Å². The average molecular weight is 507 g/mol. The van der Waals surface area contributed by atoms with Crippen molar-refractivity contribution in [3.63, 3.8) is 0 Å². The molecule has 3 fully saturated rings. The molecular weight excluding hydrogens is 472 g/mol. The van der Waals surface area contributed by atoms with Gasteiger partial charge >= 0.3 is 0 Å². The molecule has 0 radical (unpaired) electrons. The molecule has 0 unspecified atom stereocenters. The number of morpholine rings is 1. The zero-order chi connectivity index (χ0) is 24.9. The molecule has 0 amide bonds. The SMILES string of the molecule is c1cnc2c(O[C@H]3CC[C@@H](Nc4ncc(OCCC5COC5)cn4)CC3)cc(N3CCOCC3)cc2n1. The minimum atomic E-state index is 0.140. The maximum absolute atomic E-state index is 6.54. The third-order valence-corrected chi connectivity index (χ3v) is 7.33. The monoisotopic (exact) mass is 506 g/mol. The largest absolute Gasteiger partial charge is 0.490 e. The summed E-state index contributed by atoms with van der Waals surface area (Å²) in [7, 11) is 0. The van der Waals surface area contributed by atoms with Gasteiger partial charge in [-0.25, -0.2) is 15.0 Å². The summed E-state index contributed by atoms with van der Waals surface area (Å²) < 4.78 is 23.0. The Balaban J connectivity index is 1.02. The van der Waals surface area contributed by atoms with E-state index in [-0.39, 0.29) is 6.10 Å². The Morgan fingerprint density at radius 3 is 2.46 bits per heavy atom. The molecule has 1 N–H and O–H groups in total. The molecule has 0 atom stereocenters. The summed E-state index contributed by atoms with van der Waals surface area (Å²) in [6.07, 6.45) is 12.0. The molecule has 1 saturated carbocycles. The molecule has 2 saturated heterocycles. The van der Waals surface area contributed by atoms with Gasteiger partial charge in [0.05, 0.1) is 57.0 Å². The molecule has 196 valence electrons. The van der Waals surface area contributed by atoms with Gasteiger partial charge in [0, 0.05) is 49.2 Å². The maximum atomic E-state index is 6.54. The van der Waals surface area contributed by atoms with Crippen LogP contribution in [0.5, 0.6) is 11.5 Å². The highest BCUT2D eigenvalue weighted by molar-refractivity contribution is 5.85. The van der Waals surface area contributed by atoms with Crippen molar-refractivity contribution in [3.05, 3.63) is 36.9 Å². The minimum Gasteiger partial charge on any atom is -0.490 e. The van der Waals surface area contributed by atoms with Gasteiger partial charge in [0.1, 0.15) is 11.3 Å². The second-order valence-electron chi connectivity index (χ2n) is 9.99. The Morgan fingerprint density at radius 1 is 0.919 bits per heavy atom. The number of benzene rings is 1. The molecule has 1 aromatic carbocycles. The van der Waals surface area contributed by atoms with Crippen molar-refractivity contribution in [2.24, 2.45) is 5.92 Å². The van der Waals surface area contributed by atoms with Gasteiger partial charge in [-0.2, -0.15) is 0 Å². The van der Waals surface area contributed by atoms with Gasteiger partial charge in [-0.3, -0.25) is 4.98 Å². The molecule has 2 aliphatic heterocycles. The molecule has 1 aliphatic carbocycles. The lowest BCUT2D eigenvalue weighted by Gasteiger charge is -2.31. The molecule has 37 heavy (non-hydrogen) atoms. The van der Waals surface area contributed by atoms with E-state index in [9.17, 15) is 0 Å². The van der Waals surface area contributed by atoms with Crippen LogP contribution in [0.3, 0.4) is 0 Å². The van der Waals surface area contributed by atoms with Crippen LogP contribution in [0.15, 0.2) is 36.9 Å².